The number of hydrazine groups is 1. The van der Waals surface area contributed by atoms with Gasteiger partial charge < -0.3 is 4.74 Å². The maximum Gasteiger partial charge on any atom is 0.276 e. The summed E-state index contributed by atoms with van der Waals surface area (Å²) in [4.78, 5) is 17.3. The fourth-order valence-corrected chi connectivity index (χ4v) is 2.52. The number of benzene rings is 2. The number of nitrogens with one attached hydrogen (secondary N) is 2. The Morgan fingerprint density at radius 3 is 2.44 bits per heavy atom. The van der Waals surface area contributed by atoms with Gasteiger partial charge in [0, 0.05) is 14.9 Å². The van der Waals surface area contributed by atoms with Crippen molar-refractivity contribution in [1.29, 1.82) is 0 Å². The fourth-order valence-electron chi connectivity index (χ4n) is 1.55. The average molecular weight is 424 g/mol. The summed E-state index contributed by atoms with van der Waals surface area (Å²) in [5.74, 6) is -0.157. The number of amides is 1. The zero-order valence-corrected chi connectivity index (χ0v) is 15.9. The Kier molecular flexibility index (Phi) is 8.11. The topological polar surface area (TPSA) is 68.8 Å². The number of hydrogen-bond acceptors (Lipinski definition) is 6. The standard InChI is InChI=1S/C15H13Cl3N2O4S/c1-9(22-14-7-4-11(17)8-13(14)18)15(21)19-20-23-24-25-12-5-2-10(16)3-6-12/h2-9,20H,1H3,(H,19,21). The van der Waals surface area contributed by atoms with Gasteiger partial charge >= 0.3 is 0 Å². The maximum atomic E-state index is 11.9. The molecule has 2 N–H and O–H groups in total. The first-order chi connectivity index (χ1) is 12.0. The smallest absolute Gasteiger partial charge is 0.276 e. The van der Waals surface area contributed by atoms with Gasteiger partial charge in [-0.05, 0) is 49.4 Å². The second kappa shape index (κ2) is 10.1. The molecule has 2 aromatic carbocycles. The first-order valence-corrected chi connectivity index (χ1v) is 8.75. The molecule has 0 radical (unpaired) electrons. The number of carbonyl (C=O) groups excluding carboxylic acids is 1. The van der Waals surface area contributed by atoms with Gasteiger partial charge in [-0.2, -0.15) is 0 Å². The van der Waals surface area contributed by atoms with Crippen LogP contribution in [0.15, 0.2) is 47.4 Å². The van der Waals surface area contributed by atoms with Gasteiger partial charge in [-0.15, -0.1) is 9.32 Å². The quantitative estimate of drug-likeness (QED) is 0.280. The van der Waals surface area contributed by atoms with Crippen LogP contribution < -0.4 is 15.8 Å². The summed E-state index contributed by atoms with van der Waals surface area (Å²) in [6, 6.07) is 11.6. The van der Waals surface area contributed by atoms with Crippen molar-refractivity contribution in [3.63, 3.8) is 0 Å². The van der Waals surface area contributed by atoms with Gasteiger partial charge in [0.2, 0.25) is 0 Å². The van der Waals surface area contributed by atoms with E-state index in [1.54, 1.807) is 43.3 Å². The lowest BCUT2D eigenvalue weighted by Crippen LogP contribution is -2.44. The van der Waals surface area contributed by atoms with Gasteiger partial charge in [-0.1, -0.05) is 40.4 Å². The van der Waals surface area contributed by atoms with E-state index in [1.165, 1.54) is 6.07 Å². The lowest BCUT2D eigenvalue weighted by molar-refractivity contribution is -0.256. The summed E-state index contributed by atoms with van der Waals surface area (Å²) in [6.45, 7) is 1.55. The minimum atomic E-state index is -0.835. The van der Waals surface area contributed by atoms with Crippen LogP contribution in [-0.4, -0.2) is 12.0 Å². The van der Waals surface area contributed by atoms with Gasteiger partial charge in [-0.3, -0.25) is 10.2 Å². The predicted molar refractivity (Wildman–Crippen MR) is 97.3 cm³/mol. The van der Waals surface area contributed by atoms with Gasteiger partial charge in [0.1, 0.15) is 5.75 Å². The van der Waals surface area contributed by atoms with Crippen LogP contribution in [-0.2, 0) is 14.1 Å². The molecule has 0 aliphatic rings. The zero-order valence-electron chi connectivity index (χ0n) is 12.8. The highest BCUT2D eigenvalue weighted by molar-refractivity contribution is 7.94. The van der Waals surface area contributed by atoms with E-state index in [-0.39, 0.29) is 0 Å². The van der Waals surface area contributed by atoms with Crippen LogP contribution in [0.25, 0.3) is 0 Å². The molecule has 10 heteroatoms. The second-order valence-electron chi connectivity index (χ2n) is 4.61. The van der Waals surface area contributed by atoms with Crippen LogP contribution in [0.5, 0.6) is 5.75 Å². The number of halogens is 3. The minimum Gasteiger partial charge on any atom is -0.479 e. The average Bonchev–Trinajstić information content (AvgIpc) is 2.58. The molecule has 0 saturated heterocycles. The lowest BCUT2D eigenvalue weighted by Gasteiger charge is -2.15. The monoisotopic (exact) mass is 422 g/mol. The Bertz CT molecular complexity index is 718. The Labute approximate surface area is 163 Å². The molecule has 0 aliphatic heterocycles. The van der Waals surface area contributed by atoms with E-state index >= 15 is 0 Å². The van der Waals surface area contributed by atoms with Crippen LogP contribution in [0, 0.1) is 0 Å². The highest BCUT2D eigenvalue weighted by Gasteiger charge is 2.16. The first-order valence-electron chi connectivity index (χ1n) is 6.88. The van der Waals surface area contributed by atoms with Crippen molar-refractivity contribution in [2.24, 2.45) is 0 Å². The number of hydrogen-bond donors (Lipinski definition) is 2. The van der Waals surface area contributed by atoms with E-state index in [2.05, 4.69) is 16.0 Å². The highest BCUT2D eigenvalue weighted by Crippen LogP contribution is 2.28. The van der Waals surface area contributed by atoms with Gasteiger partial charge in [0.05, 0.1) is 17.1 Å². The van der Waals surface area contributed by atoms with Crippen molar-refractivity contribution in [2.75, 3.05) is 0 Å². The minimum absolute atomic E-state index is 0.305. The van der Waals surface area contributed by atoms with E-state index < -0.39 is 12.0 Å². The largest absolute Gasteiger partial charge is 0.479 e. The normalized spacial score (nSPS) is 11.8. The molecule has 1 amide bonds. The number of carbonyl (C=O) groups is 1. The van der Waals surface area contributed by atoms with Crippen LogP contribution in [0.1, 0.15) is 6.92 Å². The SMILES string of the molecule is CC(Oc1ccc(Cl)cc1Cl)C(=O)NNOOSc1ccc(Cl)cc1. The van der Waals surface area contributed by atoms with E-state index in [1.807, 2.05) is 0 Å². The molecule has 0 aliphatic carbocycles. The molecule has 2 rings (SSSR count). The molecule has 0 saturated carbocycles. The predicted octanol–water partition coefficient (Wildman–Crippen LogP) is 4.61. The van der Waals surface area contributed by atoms with Crippen molar-refractivity contribution in [2.45, 2.75) is 17.9 Å². The molecule has 134 valence electrons. The second-order valence-corrected chi connectivity index (χ2v) is 6.67. The molecule has 1 atom stereocenters. The van der Waals surface area contributed by atoms with Crippen molar-refractivity contribution in [3.8, 4) is 5.75 Å². The summed E-state index contributed by atoms with van der Waals surface area (Å²) in [7, 11) is 0. The van der Waals surface area contributed by atoms with E-state index in [9.17, 15) is 4.79 Å². The highest BCUT2D eigenvalue weighted by atomic mass is 35.5. The van der Waals surface area contributed by atoms with Crippen molar-refractivity contribution >= 4 is 52.8 Å². The summed E-state index contributed by atoms with van der Waals surface area (Å²) >= 11 is 18.5. The van der Waals surface area contributed by atoms with Crippen molar-refractivity contribution in [3.05, 3.63) is 57.5 Å². The Hall–Kier alpha value is -1.19. The molecule has 1 unspecified atom stereocenters. The van der Waals surface area contributed by atoms with Crippen LogP contribution in [0.2, 0.25) is 15.1 Å². The van der Waals surface area contributed by atoms with E-state index in [4.69, 9.17) is 43.9 Å². The van der Waals surface area contributed by atoms with Crippen molar-refractivity contribution < 1.29 is 18.9 Å². The molecular formula is C15H13Cl3N2O4S. The molecule has 6 nitrogen and oxygen atoms in total. The van der Waals surface area contributed by atoms with Crippen LogP contribution in [0.4, 0.5) is 0 Å². The first kappa shape index (κ1) is 20.1. The summed E-state index contributed by atoms with van der Waals surface area (Å²) in [6.07, 6.45) is -0.835. The maximum absolute atomic E-state index is 11.9. The third kappa shape index (κ3) is 6.91. The van der Waals surface area contributed by atoms with Gasteiger partial charge in [-0.25, -0.2) is 0 Å². The summed E-state index contributed by atoms with van der Waals surface area (Å²) in [5, 5.41) is 1.39. The molecule has 0 aromatic heterocycles. The Balaban J connectivity index is 1.68. The molecule has 0 heterocycles. The number of rotatable bonds is 8. The molecule has 25 heavy (non-hydrogen) atoms. The van der Waals surface area contributed by atoms with E-state index in [0.717, 1.165) is 16.9 Å². The summed E-state index contributed by atoms with van der Waals surface area (Å²) in [5.41, 5.74) is 4.42. The molecule has 0 spiro atoms. The third-order valence-electron chi connectivity index (χ3n) is 2.76. The summed E-state index contributed by atoms with van der Waals surface area (Å²) < 4.78 is 10.3. The molecular weight excluding hydrogens is 411 g/mol. The lowest BCUT2D eigenvalue weighted by atomic mass is 10.3. The Morgan fingerprint density at radius 1 is 1.08 bits per heavy atom. The Morgan fingerprint density at radius 2 is 1.76 bits per heavy atom. The fraction of sp³-hybridized carbons (Fsp3) is 0.133. The van der Waals surface area contributed by atoms with Crippen LogP contribution >= 0.6 is 46.8 Å². The zero-order chi connectivity index (χ0) is 18.2. The molecule has 0 bridgehead atoms. The molecule has 2 aromatic rings. The third-order valence-corrected chi connectivity index (χ3v) is 4.14. The molecule has 0 fully saturated rings. The van der Waals surface area contributed by atoms with E-state index in [0.29, 0.717) is 20.8 Å². The number of ether oxygens (including phenoxy) is 1. The van der Waals surface area contributed by atoms with Gasteiger partial charge in [0.15, 0.2) is 6.10 Å². The van der Waals surface area contributed by atoms with Crippen LogP contribution in [0.3, 0.4) is 0 Å². The van der Waals surface area contributed by atoms with Gasteiger partial charge in [0.25, 0.3) is 5.91 Å². The van der Waals surface area contributed by atoms with Crippen molar-refractivity contribution in [1.82, 2.24) is 11.0 Å².